The summed E-state index contributed by atoms with van der Waals surface area (Å²) in [4.78, 5) is 7.98. The molecule has 1 aromatic carbocycles. The van der Waals surface area contributed by atoms with Gasteiger partial charge in [0.1, 0.15) is 17.3 Å². The first kappa shape index (κ1) is 16.3. The van der Waals surface area contributed by atoms with Gasteiger partial charge in [-0.1, -0.05) is 26.0 Å². The molecule has 8 heteroatoms. The van der Waals surface area contributed by atoms with Crippen molar-refractivity contribution < 1.29 is 4.74 Å². The topological polar surface area (TPSA) is 89.5 Å². The first-order valence-electron chi connectivity index (χ1n) is 7.30. The van der Waals surface area contributed by atoms with E-state index in [0.717, 1.165) is 12.1 Å². The third kappa shape index (κ3) is 3.21. The maximum Gasteiger partial charge on any atom is 0.256 e. The van der Waals surface area contributed by atoms with Gasteiger partial charge in [0, 0.05) is 18.9 Å². The maximum absolute atomic E-state index is 9.08. The van der Waals surface area contributed by atoms with Crippen LogP contribution in [0.2, 0.25) is 0 Å². The average Bonchev–Trinajstić information content (AvgIpc) is 2.92. The first-order valence-corrected chi connectivity index (χ1v) is 8.09. The van der Waals surface area contributed by atoms with Gasteiger partial charge in [-0.2, -0.15) is 5.26 Å². The predicted octanol–water partition coefficient (Wildman–Crippen LogP) is 3.69. The van der Waals surface area contributed by atoms with Crippen molar-refractivity contribution in [3.05, 3.63) is 34.7 Å². The average molecular weight is 387 g/mol. The number of hydrogen-bond acceptors (Lipinski definition) is 6. The molecule has 3 rings (SSSR count). The lowest BCUT2D eigenvalue weighted by molar-refractivity contribution is 0.327. The SMILES string of the molecule is CC(C)(C)Cn1nnc2c(Br)c(Oc3nccnc3C#N)ccc21. The quantitative estimate of drug-likeness (QED) is 0.681. The second kappa shape index (κ2) is 6.17. The Hall–Kier alpha value is -2.53. The number of fused-ring (bicyclic) bond motifs is 1. The van der Waals surface area contributed by atoms with E-state index in [1.165, 1.54) is 12.4 Å². The lowest BCUT2D eigenvalue weighted by Crippen LogP contribution is -2.16. The summed E-state index contributed by atoms with van der Waals surface area (Å²) < 4.78 is 8.26. The Kier molecular flexibility index (Phi) is 4.20. The highest BCUT2D eigenvalue weighted by Gasteiger charge is 2.18. The zero-order valence-electron chi connectivity index (χ0n) is 13.5. The van der Waals surface area contributed by atoms with Gasteiger partial charge in [-0.25, -0.2) is 14.6 Å². The van der Waals surface area contributed by atoms with Gasteiger partial charge in [-0.15, -0.1) is 5.10 Å². The number of halogens is 1. The molecule has 3 aromatic rings. The molecule has 0 atom stereocenters. The van der Waals surface area contributed by atoms with Crippen molar-refractivity contribution in [1.29, 1.82) is 5.26 Å². The summed E-state index contributed by atoms with van der Waals surface area (Å²) in [6.45, 7) is 7.18. The minimum absolute atomic E-state index is 0.0869. The molecule has 0 aliphatic rings. The van der Waals surface area contributed by atoms with Crippen molar-refractivity contribution in [3.8, 4) is 17.7 Å². The van der Waals surface area contributed by atoms with Crippen molar-refractivity contribution in [2.24, 2.45) is 5.41 Å². The summed E-state index contributed by atoms with van der Waals surface area (Å²) in [6.07, 6.45) is 2.92. The molecule has 24 heavy (non-hydrogen) atoms. The highest BCUT2D eigenvalue weighted by molar-refractivity contribution is 9.10. The van der Waals surface area contributed by atoms with E-state index in [1.807, 2.05) is 16.8 Å². The summed E-state index contributed by atoms with van der Waals surface area (Å²) in [5.41, 5.74) is 1.81. The van der Waals surface area contributed by atoms with E-state index in [2.05, 4.69) is 57.0 Å². The highest BCUT2D eigenvalue weighted by atomic mass is 79.9. The van der Waals surface area contributed by atoms with Gasteiger partial charge in [0.2, 0.25) is 5.69 Å². The molecule has 2 heterocycles. The van der Waals surface area contributed by atoms with E-state index in [1.54, 1.807) is 6.07 Å². The minimum Gasteiger partial charge on any atom is -0.435 e. The van der Waals surface area contributed by atoms with E-state index < -0.39 is 0 Å². The molecule has 2 aromatic heterocycles. The molecule has 0 aliphatic carbocycles. The molecule has 0 N–H and O–H groups in total. The number of ether oxygens (including phenoxy) is 1. The second-order valence-electron chi connectivity index (χ2n) is 6.48. The van der Waals surface area contributed by atoms with Gasteiger partial charge in [-0.3, -0.25) is 0 Å². The number of nitrogens with zero attached hydrogens (tertiary/aromatic N) is 6. The third-order valence-electron chi connectivity index (χ3n) is 3.19. The number of hydrogen-bond donors (Lipinski definition) is 0. The summed E-state index contributed by atoms with van der Waals surface area (Å²) in [5.74, 6) is 0.657. The number of nitriles is 1. The van der Waals surface area contributed by atoms with Gasteiger partial charge in [0.25, 0.3) is 5.88 Å². The predicted molar refractivity (Wildman–Crippen MR) is 91.5 cm³/mol. The zero-order chi connectivity index (χ0) is 17.3. The van der Waals surface area contributed by atoms with Crippen LogP contribution in [-0.4, -0.2) is 25.0 Å². The molecular weight excluding hydrogens is 372 g/mol. The Labute approximate surface area is 147 Å². The molecule has 0 fully saturated rings. The Bertz CT molecular complexity index is 938. The summed E-state index contributed by atoms with van der Waals surface area (Å²) in [7, 11) is 0. The van der Waals surface area contributed by atoms with Crippen LogP contribution < -0.4 is 4.74 Å². The zero-order valence-corrected chi connectivity index (χ0v) is 15.1. The smallest absolute Gasteiger partial charge is 0.256 e. The van der Waals surface area contributed by atoms with Crippen LogP contribution in [0.4, 0.5) is 0 Å². The van der Waals surface area contributed by atoms with Crippen LogP contribution in [0.3, 0.4) is 0 Å². The monoisotopic (exact) mass is 386 g/mol. The molecular formula is C16H15BrN6O. The number of aromatic nitrogens is 5. The fraction of sp³-hybridized carbons (Fsp3) is 0.312. The van der Waals surface area contributed by atoms with E-state index in [9.17, 15) is 0 Å². The van der Waals surface area contributed by atoms with E-state index in [0.29, 0.717) is 15.7 Å². The molecule has 0 bridgehead atoms. The molecule has 0 saturated carbocycles. The highest BCUT2D eigenvalue weighted by Crippen LogP contribution is 2.35. The van der Waals surface area contributed by atoms with E-state index in [-0.39, 0.29) is 17.0 Å². The Balaban J connectivity index is 2.00. The molecule has 0 unspecified atom stereocenters. The van der Waals surface area contributed by atoms with Crippen molar-refractivity contribution in [1.82, 2.24) is 25.0 Å². The van der Waals surface area contributed by atoms with Gasteiger partial charge >= 0.3 is 0 Å². The standard InChI is InChI=1S/C16H15BrN6O/c1-16(2,3)9-23-11-4-5-12(13(17)14(11)21-22-23)24-15-10(8-18)19-6-7-20-15/h4-7H,9H2,1-3H3. The number of rotatable bonds is 3. The van der Waals surface area contributed by atoms with Crippen molar-refractivity contribution >= 4 is 27.0 Å². The normalized spacial score (nSPS) is 11.5. The Morgan fingerprint density at radius 2 is 2.00 bits per heavy atom. The Morgan fingerprint density at radius 3 is 2.71 bits per heavy atom. The van der Waals surface area contributed by atoms with Crippen LogP contribution >= 0.6 is 15.9 Å². The maximum atomic E-state index is 9.08. The van der Waals surface area contributed by atoms with Gasteiger partial charge in [0.05, 0.1) is 9.99 Å². The largest absolute Gasteiger partial charge is 0.435 e. The van der Waals surface area contributed by atoms with Gasteiger partial charge in [-0.05, 0) is 33.5 Å². The summed E-state index contributed by atoms with van der Waals surface area (Å²) in [5, 5.41) is 17.5. The molecule has 0 amide bonds. The van der Waals surface area contributed by atoms with Crippen LogP contribution in [0.15, 0.2) is 29.0 Å². The first-order chi connectivity index (χ1) is 11.4. The fourth-order valence-electron chi connectivity index (χ4n) is 2.21. The van der Waals surface area contributed by atoms with Gasteiger partial charge < -0.3 is 4.74 Å². The molecule has 0 saturated heterocycles. The van der Waals surface area contributed by atoms with Gasteiger partial charge in [0.15, 0.2) is 0 Å². The van der Waals surface area contributed by atoms with E-state index >= 15 is 0 Å². The molecule has 122 valence electrons. The fourth-order valence-corrected chi connectivity index (χ4v) is 2.71. The summed E-state index contributed by atoms with van der Waals surface area (Å²) in [6, 6.07) is 5.65. The second-order valence-corrected chi connectivity index (χ2v) is 7.27. The lowest BCUT2D eigenvalue weighted by Gasteiger charge is -2.17. The molecule has 0 radical (unpaired) electrons. The van der Waals surface area contributed by atoms with E-state index in [4.69, 9.17) is 10.00 Å². The molecule has 7 nitrogen and oxygen atoms in total. The van der Waals surface area contributed by atoms with Crippen molar-refractivity contribution in [2.75, 3.05) is 0 Å². The van der Waals surface area contributed by atoms with Crippen LogP contribution in [0.1, 0.15) is 26.5 Å². The van der Waals surface area contributed by atoms with Crippen LogP contribution in [0.5, 0.6) is 11.6 Å². The Morgan fingerprint density at radius 1 is 1.25 bits per heavy atom. The van der Waals surface area contributed by atoms with Crippen LogP contribution in [0.25, 0.3) is 11.0 Å². The van der Waals surface area contributed by atoms with Crippen molar-refractivity contribution in [3.63, 3.8) is 0 Å². The van der Waals surface area contributed by atoms with Crippen molar-refractivity contribution in [2.45, 2.75) is 27.3 Å². The van der Waals surface area contributed by atoms with Crippen LogP contribution in [0, 0.1) is 16.7 Å². The number of benzene rings is 1. The summed E-state index contributed by atoms with van der Waals surface area (Å²) >= 11 is 3.51. The minimum atomic E-state index is 0.0869. The third-order valence-corrected chi connectivity index (χ3v) is 3.96. The molecule has 0 spiro atoms. The molecule has 0 aliphatic heterocycles. The van der Waals surface area contributed by atoms with Crippen LogP contribution in [-0.2, 0) is 6.54 Å². The lowest BCUT2D eigenvalue weighted by atomic mass is 9.97.